The minimum atomic E-state index is -3.42. The molecule has 1 aromatic heterocycles. The summed E-state index contributed by atoms with van der Waals surface area (Å²) in [5.41, 5.74) is 1.94. The minimum absolute atomic E-state index is 0.0354. The van der Waals surface area contributed by atoms with E-state index in [0.29, 0.717) is 13.0 Å². The van der Waals surface area contributed by atoms with E-state index in [1.165, 1.54) is 0 Å². The van der Waals surface area contributed by atoms with Gasteiger partial charge in [-0.3, -0.25) is 4.79 Å². The van der Waals surface area contributed by atoms with Crippen LogP contribution < -0.4 is 5.32 Å². The fourth-order valence-corrected chi connectivity index (χ4v) is 3.92. The van der Waals surface area contributed by atoms with E-state index in [4.69, 9.17) is 0 Å². The van der Waals surface area contributed by atoms with Gasteiger partial charge in [-0.05, 0) is 26.0 Å². The molecule has 0 saturated heterocycles. The Kier molecular flexibility index (Phi) is 5.90. The summed E-state index contributed by atoms with van der Waals surface area (Å²) in [5, 5.41) is 5.69. The highest BCUT2D eigenvalue weighted by Crippen LogP contribution is 2.13. The van der Waals surface area contributed by atoms with Crippen molar-refractivity contribution in [3.63, 3.8) is 0 Å². The number of benzene rings is 1. The lowest BCUT2D eigenvalue weighted by atomic mass is 10.2. The molecule has 0 fully saturated rings. The number of carbonyl (C=O) groups is 1. The number of sulfone groups is 1. The number of hydrogen-bond acceptors (Lipinski definition) is 5. The van der Waals surface area contributed by atoms with Crippen LogP contribution in [0.4, 0.5) is 0 Å². The molecule has 2 rings (SSSR count). The second kappa shape index (κ2) is 7.70. The van der Waals surface area contributed by atoms with E-state index in [2.05, 4.69) is 10.3 Å². The highest BCUT2D eigenvalue weighted by atomic mass is 32.2. The van der Waals surface area contributed by atoms with Crippen LogP contribution in [0, 0.1) is 13.8 Å². The third-order valence-corrected chi connectivity index (χ3v) is 5.90. The first kappa shape index (κ1) is 17.6. The molecule has 1 N–H and O–H groups in total. The van der Waals surface area contributed by atoms with Gasteiger partial charge in [0.25, 0.3) is 0 Å². The average molecular weight is 352 g/mol. The van der Waals surface area contributed by atoms with Gasteiger partial charge in [0.15, 0.2) is 9.84 Å². The molecule has 0 aliphatic heterocycles. The maximum absolute atomic E-state index is 12.2. The molecule has 1 amide bonds. The molecule has 2 aromatic rings. The quantitative estimate of drug-likeness (QED) is 0.829. The van der Waals surface area contributed by atoms with Crippen LogP contribution >= 0.6 is 11.3 Å². The Morgan fingerprint density at radius 3 is 2.52 bits per heavy atom. The molecule has 0 aliphatic rings. The maximum atomic E-state index is 12.2. The van der Waals surface area contributed by atoms with Crippen molar-refractivity contribution >= 4 is 27.1 Å². The molecular formula is C16H20N2O3S2. The molecule has 0 atom stereocenters. The predicted octanol–water partition coefficient (Wildman–Crippen LogP) is 2.28. The van der Waals surface area contributed by atoms with E-state index in [0.717, 1.165) is 16.3 Å². The Bertz CT molecular complexity index is 765. The van der Waals surface area contributed by atoms with Crippen LogP contribution in [-0.2, 0) is 21.1 Å². The summed E-state index contributed by atoms with van der Waals surface area (Å²) in [6.45, 7) is 4.29. The molecule has 5 nitrogen and oxygen atoms in total. The van der Waals surface area contributed by atoms with Gasteiger partial charge < -0.3 is 5.32 Å². The highest BCUT2D eigenvalue weighted by molar-refractivity contribution is 7.91. The Balaban J connectivity index is 1.78. The van der Waals surface area contributed by atoms with Gasteiger partial charge in [-0.15, -0.1) is 11.3 Å². The van der Waals surface area contributed by atoms with E-state index >= 15 is 0 Å². The predicted molar refractivity (Wildman–Crippen MR) is 91.4 cm³/mol. The fraction of sp³-hybridized carbons (Fsp3) is 0.375. The van der Waals surface area contributed by atoms with Gasteiger partial charge in [0, 0.05) is 24.8 Å². The van der Waals surface area contributed by atoms with Crippen LogP contribution in [0.2, 0.25) is 0 Å². The van der Waals surface area contributed by atoms with E-state index in [1.54, 1.807) is 35.6 Å². The number of aryl methyl sites for hydroxylation is 2. The van der Waals surface area contributed by atoms with Crippen LogP contribution in [0.15, 0.2) is 34.5 Å². The second-order valence-electron chi connectivity index (χ2n) is 5.34. The topological polar surface area (TPSA) is 76.1 Å². The summed E-state index contributed by atoms with van der Waals surface area (Å²) < 4.78 is 24.3. The van der Waals surface area contributed by atoms with Crippen molar-refractivity contribution in [1.82, 2.24) is 10.3 Å². The SMILES string of the molecule is Cc1ccc(S(=O)(=O)CCC(=O)NCCc2csc(C)n2)cc1. The van der Waals surface area contributed by atoms with E-state index in [9.17, 15) is 13.2 Å². The number of amides is 1. The summed E-state index contributed by atoms with van der Waals surface area (Å²) >= 11 is 1.57. The second-order valence-corrected chi connectivity index (χ2v) is 8.51. The van der Waals surface area contributed by atoms with Crippen molar-refractivity contribution in [1.29, 1.82) is 0 Å². The molecule has 0 spiro atoms. The number of nitrogens with zero attached hydrogens (tertiary/aromatic N) is 1. The molecule has 0 saturated carbocycles. The van der Waals surface area contributed by atoms with Crippen molar-refractivity contribution in [2.45, 2.75) is 31.6 Å². The highest BCUT2D eigenvalue weighted by Gasteiger charge is 2.16. The molecular weight excluding hydrogens is 332 g/mol. The zero-order chi connectivity index (χ0) is 16.9. The molecule has 7 heteroatoms. The molecule has 0 radical (unpaired) electrons. The van der Waals surface area contributed by atoms with Gasteiger partial charge >= 0.3 is 0 Å². The number of hydrogen-bond donors (Lipinski definition) is 1. The Morgan fingerprint density at radius 1 is 1.22 bits per heavy atom. The van der Waals surface area contributed by atoms with Crippen molar-refractivity contribution in [3.05, 3.63) is 45.9 Å². The maximum Gasteiger partial charge on any atom is 0.221 e. The van der Waals surface area contributed by atoms with Gasteiger partial charge in [-0.2, -0.15) is 0 Å². The Labute approximate surface area is 140 Å². The first-order valence-corrected chi connectivity index (χ1v) is 9.87. The number of aromatic nitrogens is 1. The third kappa shape index (κ3) is 5.44. The number of thiazole rings is 1. The van der Waals surface area contributed by atoms with Crippen LogP contribution in [-0.4, -0.2) is 31.6 Å². The standard InChI is InChI=1S/C16H20N2O3S2/c1-12-3-5-15(6-4-12)23(20,21)10-8-16(19)17-9-7-14-11-22-13(2)18-14/h3-6,11H,7-10H2,1-2H3,(H,17,19). The summed E-state index contributed by atoms with van der Waals surface area (Å²) in [4.78, 5) is 16.3. The zero-order valence-electron chi connectivity index (χ0n) is 13.2. The van der Waals surface area contributed by atoms with Gasteiger partial charge in [0.2, 0.25) is 5.91 Å². The third-order valence-electron chi connectivity index (χ3n) is 3.35. The molecule has 1 heterocycles. The first-order valence-electron chi connectivity index (χ1n) is 7.34. The summed E-state index contributed by atoms with van der Waals surface area (Å²) in [7, 11) is -3.42. The van der Waals surface area contributed by atoms with Crippen molar-refractivity contribution < 1.29 is 13.2 Å². The number of nitrogens with one attached hydrogen (secondary N) is 1. The van der Waals surface area contributed by atoms with Crippen molar-refractivity contribution in [3.8, 4) is 0 Å². The monoisotopic (exact) mass is 352 g/mol. The molecule has 1 aromatic carbocycles. The van der Waals surface area contributed by atoms with Crippen LogP contribution in [0.5, 0.6) is 0 Å². The lowest BCUT2D eigenvalue weighted by Gasteiger charge is -2.06. The summed E-state index contributed by atoms with van der Waals surface area (Å²) in [6.07, 6.45) is 0.618. The van der Waals surface area contributed by atoms with Crippen molar-refractivity contribution in [2.75, 3.05) is 12.3 Å². The molecule has 0 unspecified atom stereocenters. The summed E-state index contributed by atoms with van der Waals surface area (Å²) in [6, 6.07) is 6.66. The van der Waals surface area contributed by atoms with Gasteiger partial charge in [0.1, 0.15) is 0 Å². The van der Waals surface area contributed by atoms with E-state index in [1.807, 2.05) is 19.2 Å². The lowest BCUT2D eigenvalue weighted by Crippen LogP contribution is -2.27. The van der Waals surface area contributed by atoms with Crippen LogP contribution in [0.1, 0.15) is 22.7 Å². The molecule has 23 heavy (non-hydrogen) atoms. The number of rotatable bonds is 7. The van der Waals surface area contributed by atoms with Gasteiger partial charge in [-0.1, -0.05) is 17.7 Å². The Hall–Kier alpha value is -1.73. The van der Waals surface area contributed by atoms with Crippen molar-refractivity contribution in [2.24, 2.45) is 0 Å². The molecule has 0 bridgehead atoms. The largest absolute Gasteiger partial charge is 0.356 e. The normalized spacial score (nSPS) is 11.4. The Morgan fingerprint density at radius 2 is 1.91 bits per heavy atom. The zero-order valence-corrected chi connectivity index (χ0v) is 14.8. The fourth-order valence-electron chi connectivity index (χ4n) is 2.03. The average Bonchev–Trinajstić information content (AvgIpc) is 2.91. The van der Waals surface area contributed by atoms with Gasteiger partial charge in [0.05, 0.1) is 21.3 Å². The van der Waals surface area contributed by atoms with E-state index < -0.39 is 9.84 Å². The van der Waals surface area contributed by atoms with Gasteiger partial charge in [-0.25, -0.2) is 13.4 Å². The summed E-state index contributed by atoms with van der Waals surface area (Å²) in [5.74, 6) is -0.440. The lowest BCUT2D eigenvalue weighted by molar-refractivity contribution is -0.120. The molecule has 124 valence electrons. The van der Waals surface area contributed by atoms with Crippen LogP contribution in [0.3, 0.4) is 0 Å². The first-order chi connectivity index (χ1) is 10.9. The smallest absolute Gasteiger partial charge is 0.221 e. The van der Waals surface area contributed by atoms with E-state index in [-0.39, 0.29) is 23.0 Å². The minimum Gasteiger partial charge on any atom is -0.356 e. The molecule has 0 aliphatic carbocycles. The van der Waals surface area contributed by atoms with Crippen LogP contribution in [0.25, 0.3) is 0 Å². The number of carbonyl (C=O) groups excluding carboxylic acids is 1.